The Balaban J connectivity index is 1.92. The van der Waals surface area contributed by atoms with Crippen LogP contribution in [0.3, 0.4) is 0 Å². The molecule has 1 aliphatic heterocycles. The van der Waals surface area contributed by atoms with Gasteiger partial charge in [-0.2, -0.15) is 5.10 Å². The lowest BCUT2D eigenvalue weighted by molar-refractivity contribution is 0.208. The van der Waals surface area contributed by atoms with Gasteiger partial charge in [-0.05, 0) is 11.6 Å². The number of aryl methyl sites for hydroxylation is 1. The van der Waals surface area contributed by atoms with Crippen molar-refractivity contribution in [3.05, 3.63) is 41.2 Å². The number of rotatable bonds is 5. The molecule has 0 saturated heterocycles. The van der Waals surface area contributed by atoms with E-state index in [2.05, 4.69) is 16.1 Å². The van der Waals surface area contributed by atoms with Gasteiger partial charge in [0.2, 0.25) is 0 Å². The zero-order valence-corrected chi connectivity index (χ0v) is 13.2. The summed E-state index contributed by atoms with van der Waals surface area (Å²) < 4.78 is 12.7. The fraction of sp³-hybridized carbons (Fsp3) is 0.438. The summed E-state index contributed by atoms with van der Waals surface area (Å²) in [5.74, 6) is 1.66. The Morgan fingerprint density at radius 2 is 2.14 bits per heavy atom. The van der Waals surface area contributed by atoms with Crippen molar-refractivity contribution >= 4 is 0 Å². The van der Waals surface area contributed by atoms with Gasteiger partial charge in [0.15, 0.2) is 0 Å². The molecule has 2 aromatic rings. The maximum atomic E-state index is 6.04. The van der Waals surface area contributed by atoms with Crippen molar-refractivity contribution in [3.63, 3.8) is 0 Å². The molecule has 0 radical (unpaired) electrons. The van der Waals surface area contributed by atoms with Crippen molar-refractivity contribution in [2.24, 2.45) is 12.8 Å². The number of aromatic nitrogens is 2. The van der Waals surface area contributed by atoms with Crippen LogP contribution in [0.25, 0.3) is 0 Å². The van der Waals surface area contributed by atoms with Gasteiger partial charge in [0.1, 0.15) is 11.5 Å². The molecule has 0 spiro atoms. The third kappa shape index (κ3) is 2.55. The summed E-state index contributed by atoms with van der Waals surface area (Å²) in [7, 11) is 5.28. The van der Waals surface area contributed by atoms with Gasteiger partial charge in [-0.1, -0.05) is 0 Å². The SMILES string of the molecule is COc1cc2c(c(OC)c1)C(CN)N(Cc1cnn(C)c1)C2. The molecule has 22 heavy (non-hydrogen) atoms. The Morgan fingerprint density at radius 1 is 1.32 bits per heavy atom. The van der Waals surface area contributed by atoms with E-state index in [1.165, 1.54) is 16.7 Å². The van der Waals surface area contributed by atoms with Crippen LogP contribution in [0.1, 0.15) is 22.7 Å². The molecule has 118 valence electrons. The summed E-state index contributed by atoms with van der Waals surface area (Å²) in [6.45, 7) is 2.20. The van der Waals surface area contributed by atoms with E-state index in [0.717, 1.165) is 24.6 Å². The second-order valence-electron chi connectivity index (χ2n) is 5.58. The van der Waals surface area contributed by atoms with E-state index in [9.17, 15) is 0 Å². The Bertz CT molecular complexity index is 668. The van der Waals surface area contributed by atoms with E-state index in [1.54, 1.807) is 14.2 Å². The predicted molar refractivity (Wildman–Crippen MR) is 83.8 cm³/mol. The Kier molecular flexibility index (Phi) is 4.04. The fourth-order valence-corrected chi connectivity index (χ4v) is 3.18. The number of hydrogen-bond donors (Lipinski definition) is 1. The quantitative estimate of drug-likeness (QED) is 0.905. The average Bonchev–Trinajstić information content (AvgIpc) is 3.09. The minimum absolute atomic E-state index is 0.149. The zero-order valence-electron chi connectivity index (χ0n) is 13.2. The first kappa shape index (κ1) is 14.9. The van der Waals surface area contributed by atoms with Crippen LogP contribution in [0, 0.1) is 0 Å². The summed E-state index contributed by atoms with van der Waals surface area (Å²) in [4.78, 5) is 2.35. The highest BCUT2D eigenvalue weighted by atomic mass is 16.5. The lowest BCUT2D eigenvalue weighted by Crippen LogP contribution is -2.27. The van der Waals surface area contributed by atoms with Gasteiger partial charge >= 0.3 is 0 Å². The normalized spacial score (nSPS) is 17.5. The molecule has 0 saturated carbocycles. The fourth-order valence-electron chi connectivity index (χ4n) is 3.18. The van der Waals surface area contributed by atoms with Crippen molar-refractivity contribution in [2.75, 3.05) is 20.8 Å². The molecule has 6 heteroatoms. The van der Waals surface area contributed by atoms with E-state index in [1.807, 2.05) is 30.2 Å². The van der Waals surface area contributed by atoms with Crippen molar-refractivity contribution in [1.29, 1.82) is 0 Å². The smallest absolute Gasteiger partial charge is 0.127 e. The van der Waals surface area contributed by atoms with Crippen molar-refractivity contribution in [1.82, 2.24) is 14.7 Å². The summed E-state index contributed by atoms with van der Waals surface area (Å²) in [6.07, 6.45) is 3.93. The summed E-state index contributed by atoms with van der Waals surface area (Å²) in [5.41, 5.74) is 9.62. The molecule has 0 fully saturated rings. The molecule has 1 aliphatic rings. The van der Waals surface area contributed by atoms with E-state index >= 15 is 0 Å². The predicted octanol–water partition coefficient (Wildman–Crippen LogP) is 1.45. The van der Waals surface area contributed by atoms with Crippen LogP contribution in [0.4, 0.5) is 0 Å². The van der Waals surface area contributed by atoms with E-state index in [4.69, 9.17) is 15.2 Å². The van der Waals surface area contributed by atoms with Crippen LogP contribution in [0.2, 0.25) is 0 Å². The molecule has 2 heterocycles. The molecule has 0 amide bonds. The number of methoxy groups -OCH3 is 2. The van der Waals surface area contributed by atoms with E-state index in [0.29, 0.717) is 6.54 Å². The molecule has 1 aromatic heterocycles. The molecular weight excluding hydrogens is 280 g/mol. The number of hydrogen-bond acceptors (Lipinski definition) is 5. The van der Waals surface area contributed by atoms with Crippen LogP contribution in [-0.4, -0.2) is 35.4 Å². The Labute approximate surface area is 130 Å². The van der Waals surface area contributed by atoms with Gasteiger partial charge in [0.05, 0.1) is 26.5 Å². The van der Waals surface area contributed by atoms with Gasteiger partial charge in [-0.25, -0.2) is 0 Å². The zero-order chi connectivity index (χ0) is 15.7. The van der Waals surface area contributed by atoms with Crippen LogP contribution in [0.15, 0.2) is 24.5 Å². The molecule has 0 aliphatic carbocycles. The lowest BCUT2D eigenvalue weighted by Gasteiger charge is -2.23. The largest absolute Gasteiger partial charge is 0.497 e. The molecule has 1 atom stereocenters. The third-order valence-corrected chi connectivity index (χ3v) is 4.17. The van der Waals surface area contributed by atoms with Crippen LogP contribution >= 0.6 is 0 Å². The number of fused-ring (bicyclic) bond motifs is 1. The van der Waals surface area contributed by atoms with Crippen molar-refractivity contribution in [3.8, 4) is 11.5 Å². The Morgan fingerprint density at radius 3 is 2.73 bits per heavy atom. The second kappa shape index (κ2) is 5.98. The minimum Gasteiger partial charge on any atom is -0.497 e. The Hall–Kier alpha value is -2.05. The number of nitrogens with two attached hydrogens (primary N) is 1. The molecule has 1 unspecified atom stereocenters. The first-order chi connectivity index (χ1) is 10.7. The van der Waals surface area contributed by atoms with Crippen molar-refractivity contribution in [2.45, 2.75) is 19.1 Å². The number of nitrogens with zero attached hydrogens (tertiary/aromatic N) is 3. The molecule has 1 aromatic carbocycles. The van der Waals surface area contributed by atoms with Gasteiger partial charge < -0.3 is 15.2 Å². The first-order valence-corrected chi connectivity index (χ1v) is 7.32. The molecule has 2 N–H and O–H groups in total. The number of benzene rings is 1. The lowest BCUT2D eigenvalue weighted by atomic mass is 10.0. The van der Waals surface area contributed by atoms with Crippen LogP contribution in [0.5, 0.6) is 11.5 Å². The van der Waals surface area contributed by atoms with Gasteiger partial charge in [-0.15, -0.1) is 0 Å². The molecular formula is C16H22N4O2. The number of ether oxygens (including phenoxy) is 2. The van der Waals surface area contributed by atoms with Gasteiger partial charge in [0.25, 0.3) is 0 Å². The third-order valence-electron chi connectivity index (χ3n) is 4.17. The second-order valence-corrected chi connectivity index (χ2v) is 5.58. The van der Waals surface area contributed by atoms with E-state index < -0.39 is 0 Å². The maximum absolute atomic E-state index is 6.04. The monoisotopic (exact) mass is 302 g/mol. The maximum Gasteiger partial charge on any atom is 0.127 e. The van der Waals surface area contributed by atoms with Gasteiger partial charge in [-0.3, -0.25) is 9.58 Å². The van der Waals surface area contributed by atoms with E-state index in [-0.39, 0.29) is 6.04 Å². The van der Waals surface area contributed by atoms with Crippen LogP contribution in [-0.2, 0) is 20.1 Å². The average molecular weight is 302 g/mol. The summed E-state index contributed by atoms with van der Waals surface area (Å²) in [5, 5.41) is 4.23. The summed E-state index contributed by atoms with van der Waals surface area (Å²) in [6, 6.07) is 4.15. The van der Waals surface area contributed by atoms with Crippen LogP contribution < -0.4 is 15.2 Å². The van der Waals surface area contributed by atoms with Gasteiger partial charge in [0, 0.05) is 50.1 Å². The molecule has 3 rings (SSSR count). The highest BCUT2D eigenvalue weighted by Crippen LogP contribution is 2.42. The highest BCUT2D eigenvalue weighted by Gasteiger charge is 2.33. The first-order valence-electron chi connectivity index (χ1n) is 7.32. The minimum atomic E-state index is 0.149. The molecule has 0 bridgehead atoms. The molecule has 6 nitrogen and oxygen atoms in total. The highest BCUT2D eigenvalue weighted by molar-refractivity contribution is 5.50. The topological polar surface area (TPSA) is 65.5 Å². The standard InChI is InChI=1S/C16H22N4O2/c1-19-8-11(7-18-19)9-20-10-12-4-13(21-2)5-15(22-3)16(12)14(20)6-17/h4-5,7-8,14H,6,9-10,17H2,1-3H3. The summed E-state index contributed by atoms with van der Waals surface area (Å²) >= 11 is 0. The van der Waals surface area contributed by atoms with Crippen molar-refractivity contribution < 1.29 is 9.47 Å².